The Labute approximate surface area is 122 Å². The maximum absolute atomic E-state index is 6.18. The van der Waals surface area contributed by atoms with E-state index in [1.54, 1.807) is 0 Å². The van der Waals surface area contributed by atoms with E-state index in [1.165, 1.54) is 0 Å². The number of nitrogens with zero attached hydrogens (tertiary/aromatic N) is 3. The van der Waals surface area contributed by atoms with Crippen LogP contribution in [0.5, 0.6) is 0 Å². The van der Waals surface area contributed by atoms with Crippen molar-refractivity contribution in [1.29, 1.82) is 0 Å². The van der Waals surface area contributed by atoms with Crippen molar-refractivity contribution in [1.82, 2.24) is 15.0 Å². The van der Waals surface area contributed by atoms with E-state index in [2.05, 4.69) is 42.7 Å². The fraction of sp³-hybridized carbons (Fsp3) is 0.867. The molecule has 0 amide bonds. The van der Waals surface area contributed by atoms with Gasteiger partial charge in [-0.15, -0.1) is 0 Å². The minimum absolute atomic E-state index is 0.170. The van der Waals surface area contributed by atoms with Gasteiger partial charge in [0.25, 0.3) is 0 Å². The minimum atomic E-state index is -0.170. The maximum atomic E-state index is 6.18. The Morgan fingerprint density at radius 1 is 1.10 bits per heavy atom. The van der Waals surface area contributed by atoms with Crippen LogP contribution in [-0.2, 0) is 0 Å². The molecule has 1 unspecified atom stereocenters. The summed E-state index contributed by atoms with van der Waals surface area (Å²) in [5.74, 6) is 1.79. The lowest BCUT2D eigenvalue weighted by molar-refractivity contribution is 0.276. The lowest BCUT2D eigenvalue weighted by atomic mass is 9.98. The average molecular weight is 282 g/mol. The summed E-state index contributed by atoms with van der Waals surface area (Å²) >= 11 is 0. The van der Waals surface area contributed by atoms with Crippen LogP contribution in [0.3, 0.4) is 0 Å². The number of aromatic nitrogens is 2. The molecule has 0 saturated carbocycles. The third-order valence-corrected chi connectivity index (χ3v) is 3.76. The molecule has 116 valence electrons. The van der Waals surface area contributed by atoms with E-state index in [9.17, 15) is 0 Å². The zero-order valence-corrected chi connectivity index (χ0v) is 13.4. The summed E-state index contributed by atoms with van der Waals surface area (Å²) in [7, 11) is 0. The zero-order valence-electron chi connectivity index (χ0n) is 13.4. The quantitative estimate of drug-likeness (QED) is 0.714. The number of nitrogens with two attached hydrogens (primary N) is 1. The van der Waals surface area contributed by atoms with E-state index in [-0.39, 0.29) is 6.04 Å². The van der Waals surface area contributed by atoms with E-state index in [1.807, 2.05) is 0 Å². The highest BCUT2D eigenvalue weighted by atomic mass is 16.5. The van der Waals surface area contributed by atoms with Gasteiger partial charge in [-0.1, -0.05) is 45.7 Å². The highest BCUT2D eigenvalue weighted by Crippen LogP contribution is 2.25. The van der Waals surface area contributed by atoms with E-state index in [0.717, 1.165) is 51.2 Å². The summed E-state index contributed by atoms with van der Waals surface area (Å²) in [6.07, 6.45) is 4.46. The second-order valence-electron chi connectivity index (χ2n) is 5.36. The van der Waals surface area contributed by atoms with Crippen LogP contribution in [0.25, 0.3) is 0 Å². The first-order valence-electron chi connectivity index (χ1n) is 7.97. The predicted octanol–water partition coefficient (Wildman–Crippen LogP) is 3.10. The van der Waals surface area contributed by atoms with Gasteiger partial charge in [0.2, 0.25) is 5.89 Å². The predicted molar refractivity (Wildman–Crippen MR) is 81.6 cm³/mol. The Morgan fingerprint density at radius 2 is 1.70 bits per heavy atom. The molecule has 0 aliphatic heterocycles. The second-order valence-corrected chi connectivity index (χ2v) is 5.36. The second kappa shape index (κ2) is 9.08. The first-order valence-corrected chi connectivity index (χ1v) is 7.97. The Kier molecular flexibility index (Phi) is 7.77. The molecule has 1 heterocycles. The molecule has 1 rings (SSSR count). The van der Waals surface area contributed by atoms with E-state index in [4.69, 9.17) is 10.3 Å². The average Bonchev–Trinajstić information content (AvgIpc) is 2.94. The highest BCUT2D eigenvalue weighted by molar-refractivity contribution is 4.98. The third-order valence-electron chi connectivity index (χ3n) is 3.76. The molecule has 0 saturated heterocycles. The molecule has 0 fully saturated rings. The molecular weight excluding hydrogens is 252 g/mol. The lowest BCUT2D eigenvalue weighted by Crippen LogP contribution is -2.32. The largest absolute Gasteiger partial charge is 0.339 e. The van der Waals surface area contributed by atoms with Crippen LogP contribution in [0.2, 0.25) is 0 Å². The highest BCUT2D eigenvalue weighted by Gasteiger charge is 2.21. The van der Waals surface area contributed by atoms with Gasteiger partial charge in [0.15, 0.2) is 5.82 Å². The van der Waals surface area contributed by atoms with E-state index < -0.39 is 0 Å². The maximum Gasteiger partial charge on any atom is 0.229 e. The van der Waals surface area contributed by atoms with Gasteiger partial charge in [0.1, 0.15) is 0 Å². The van der Waals surface area contributed by atoms with E-state index in [0.29, 0.717) is 11.7 Å². The molecule has 0 bridgehead atoms. The van der Waals surface area contributed by atoms with Crippen molar-refractivity contribution >= 4 is 0 Å². The molecule has 1 aromatic rings. The van der Waals surface area contributed by atoms with Crippen LogP contribution >= 0.6 is 0 Å². The number of rotatable bonds is 10. The summed E-state index contributed by atoms with van der Waals surface area (Å²) in [5, 5.41) is 4.09. The van der Waals surface area contributed by atoms with Crippen LogP contribution in [-0.4, -0.2) is 34.7 Å². The fourth-order valence-electron chi connectivity index (χ4n) is 2.49. The number of hydrogen-bond acceptors (Lipinski definition) is 5. The minimum Gasteiger partial charge on any atom is -0.339 e. The smallest absolute Gasteiger partial charge is 0.229 e. The van der Waals surface area contributed by atoms with Gasteiger partial charge in [-0.2, -0.15) is 4.98 Å². The van der Waals surface area contributed by atoms with Crippen LogP contribution in [0.1, 0.15) is 77.1 Å². The molecule has 0 spiro atoms. The molecular formula is C15H30N4O. The Bertz CT molecular complexity index is 357. The molecule has 2 N–H and O–H groups in total. The van der Waals surface area contributed by atoms with Crippen LogP contribution in [0, 0.1) is 0 Å². The van der Waals surface area contributed by atoms with Crippen molar-refractivity contribution in [3.63, 3.8) is 0 Å². The van der Waals surface area contributed by atoms with Gasteiger partial charge in [0, 0.05) is 12.5 Å². The standard InChI is InChI=1S/C15H30N4O/c1-5-9-12(10-6-2)15-17-14(18-20-15)13(16)11-19(7-3)8-4/h12-13H,5-11,16H2,1-4H3. The normalized spacial score (nSPS) is 13.3. The van der Waals surface area contributed by atoms with Gasteiger partial charge in [0.05, 0.1) is 6.04 Å². The number of hydrogen-bond donors (Lipinski definition) is 1. The van der Waals surface area contributed by atoms with Gasteiger partial charge in [-0.3, -0.25) is 0 Å². The van der Waals surface area contributed by atoms with Crippen molar-refractivity contribution in [3.8, 4) is 0 Å². The SMILES string of the molecule is CCCC(CCC)c1nc(C(N)CN(CC)CC)no1. The Morgan fingerprint density at radius 3 is 2.20 bits per heavy atom. The number of likely N-dealkylation sites (N-methyl/N-ethyl adjacent to an activating group) is 1. The third kappa shape index (κ3) is 4.87. The molecule has 1 aromatic heterocycles. The Hall–Kier alpha value is -0.940. The molecule has 0 aromatic carbocycles. The molecule has 1 atom stereocenters. The lowest BCUT2D eigenvalue weighted by Gasteiger charge is -2.20. The van der Waals surface area contributed by atoms with Crippen molar-refractivity contribution in [3.05, 3.63) is 11.7 Å². The van der Waals surface area contributed by atoms with Gasteiger partial charge >= 0.3 is 0 Å². The fourth-order valence-corrected chi connectivity index (χ4v) is 2.49. The van der Waals surface area contributed by atoms with Crippen molar-refractivity contribution in [2.24, 2.45) is 5.73 Å². The summed E-state index contributed by atoms with van der Waals surface area (Å²) < 4.78 is 5.44. The molecule has 0 aliphatic rings. The van der Waals surface area contributed by atoms with Gasteiger partial charge in [-0.05, 0) is 25.9 Å². The summed E-state index contributed by atoms with van der Waals surface area (Å²) in [4.78, 5) is 6.81. The van der Waals surface area contributed by atoms with Crippen molar-refractivity contribution < 1.29 is 4.52 Å². The van der Waals surface area contributed by atoms with Gasteiger partial charge in [-0.25, -0.2) is 0 Å². The van der Waals surface area contributed by atoms with Gasteiger partial charge < -0.3 is 15.2 Å². The van der Waals surface area contributed by atoms with Crippen LogP contribution in [0.15, 0.2) is 4.52 Å². The summed E-state index contributed by atoms with van der Waals surface area (Å²) in [5.41, 5.74) is 6.18. The Balaban J connectivity index is 2.69. The first kappa shape index (κ1) is 17.1. The van der Waals surface area contributed by atoms with E-state index >= 15 is 0 Å². The van der Waals surface area contributed by atoms with Crippen LogP contribution < -0.4 is 5.73 Å². The zero-order chi connectivity index (χ0) is 15.0. The van der Waals surface area contributed by atoms with Crippen LogP contribution in [0.4, 0.5) is 0 Å². The molecule has 0 radical (unpaired) electrons. The van der Waals surface area contributed by atoms with Crippen molar-refractivity contribution in [2.45, 2.75) is 65.3 Å². The monoisotopic (exact) mass is 282 g/mol. The molecule has 20 heavy (non-hydrogen) atoms. The summed E-state index contributed by atoms with van der Waals surface area (Å²) in [6.45, 7) is 11.4. The first-order chi connectivity index (χ1) is 9.65. The molecule has 5 heteroatoms. The molecule has 5 nitrogen and oxygen atoms in total. The topological polar surface area (TPSA) is 68.2 Å². The van der Waals surface area contributed by atoms with Crippen molar-refractivity contribution in [2.75, 3.05) is 19.6 Å². The molecule has 0 aliphatic carbocycles. The summed E-state index contributed by atoms with van der Waals surface area (Å²) in [6, 6.07) is -0.170.